The second kappa shape index (κ2) is 8.24. The number of ketones is 1. The third-order valence-electron chi connectivity index (χ3n) is 6.70. The Bertz CT molecular complexity index is 1330. The number of carbonyl (C=O) groups excluding carboxylic acids is 1. The summed E-state index contributed by atoms with van der Waals surface area (Å²) in [5, 5.41) is 12.4. The minimum absolute atomic E-state index is 0.0268. The van der Waals surface area contributed by atoms with Crippen LogP contribution in [0.4, 0.5) is 5.69 Å². The number of aliphatic carboxylic acids is 1. The van der Waals surface area contributed by atoms with Gasteiger partial charge in [-0.15, -0.1) is 0 Å². The third kappa shape index (κ3) is 3.41. The van der Waals surface area contributed by atoms with E-state index in [1.165, 1.54) is 0 Å². The van der Waals surface area contributed by atoms with Gasteiger partial charge in [-0.25, -0.2) is 4.79 Å². The molecule has 0 fully saturated rings. The Kier molecular flexibility index (Phi) is 5.25. The first-order valence-corrected chi connectivity index (χ1v) is 11.1. The first kappa shape index (κ1) is 21.0. The van der Waals surface area contributed by atoms with Crippen LogP contribution in [-0.4, -0.2) is 24.0 Å². The van der Waals surface area contributed by atoms with Crippen LogP contribution in [0.2, 0.25) is 0 Å². The van der Waals surface area contributed by atoms with E-state index in [9.17, 15) is 14.7 Å². The molecule has 0 spiro atoms. The number of carbonyl (C=O) groups is 2. The maximum absolute atomic E-state index is 13.4. The molecule has 1 N–H and O–H groups in total. The molecule has 33 heavy (non-hydrogen) atoms. The SMILES string of the molecule is COc1ccc(N2C(C)=C(C(=O)O)C(c3cccc4ccccc34)C3=C2CCCC3=O)cc1. The van der Waals surface area contributed by atoms with Crippen molar-refractivity contribution in [2.24, 2.45) is 0 Å². The highest BCUT2D eigenvalue weighted by Gasteiger charge is 2.42. The Hall–Kier alpha value is -3.86. The van der Waals surface area contributed by atoms with Gasteiger partial charge in [-0.2, -0.15) is 0 Å². The fourth-order valence-corrected chi connectivity index (χ4v) is 5.25. The van der Waals surface area contributed by atoms with Gasteiger partial charge in [-0.05, 0) is 60.4 Å². The number of benzene rings is 3. The molecule has 0 saturated carbocycles. The molecular weight excluding hydrogens is 414 g/mol. The van der Waals surface area contributed by atoms with Gasteiger partial charge in [0.15, 0.2) is 5.78 Å². The first-order valence-electron chi connectivity index (χ1n) is 11.1. The van der Waals surface area contributed by atoms with E-state index in [1.807, 2.05) is 78.6 Å². The Morgan fingerprint density at radius 2 is 1.73 bits per heavy atom. The zero-order chi connectivity index (χ0) is 23.1. The molecule has 1 atom stereocenters. The highest BCUT2D eigenvalue weighted by Crippen LogP contribution is 2.48. The molecule has 1 aliphatic heterocycles. The molecule has 0 radical (unpaired) electrons. The number of carboxylic acid groups (broad SMARTS) is 1. The number of allylic oxidation sites excluding steroid dienone is 3. The lowest BCUT2D eigenvalue weighted by Gasteiger charge is -2.41. The van der Waals surface area contributed by atoms with E-state index in [-0.39, 0.29) is 11.4 Å². The van der Waals surface area contributed by atoms with Crippen molar-refractivity contribution >= 4 is 28.2 Å². The number of hydrogen-bond donors (Lipinski definition) is 1. The molecule has 5 heteroatoms. The Labute approximate surface area is 192 Å². The van der Waals surface area contributed by atoms with Gasteiger partial charge >= 0.3 is 5.97 Å². The predicted octanol–water partition coefficient (Wildman–Crippen LogP) is 5.82. The highest BCUT2D eigenvalue weighted by molar-refractivity contribution is 6.06. The van der Waals surface area contributed by atoms with Crippen molar-refractivity contribution in [2.75, 3.05) is 12.0 Å². The van der Waals surface area contributed by atoms with Crippen LogP contribution in [0.25, 0.3) is 10.8 Å². The van der Waals surface area contributed by atoms with E-state index in [0.29, 0.717) is 17.7 Å². The highest BCUT2D eigenvalue weighted by atomic mass is 16.5. The maximum Gasteiger partial charge on any atom is 0.334 e. The molecule has 166 valence electrons. The number of fused-ring (bicyclic) bond motifs is 1. The molecule has 1 heterocycles. The minimum Gasteiger partial charge on any atom is -0.497 e. The normalized spacial score (nSPS) is 18.5. The quantitative estimate of drug-likeness (QED) is 0.555. The fraction of sp³-hybridized carbons (Fsp3) is 0.214. The van der Waals surface area contributed by atoms with Crippen LogP contribution in [0.5, 0.6) is 5.75 Å². The summed E-state index contributed by atoms with van der Waals surface area (Å²) in [5.41, 5.74) is 4.08. The average molecular weight is 440 g/mol. The molecule has 1 aliphatic carbocycles. The summed E-state index contributed by atoms with van der Waals surface area (Å²) < 4.78 is 5.29. The smallest absolute Gasteiger partial charge is 0.334 e. The van der Waals surface area contributed by atoms with Crippen molar-refractivity contribution in [1.82, 2.24) is 0 Å². The summed E-state index contributed by atoms with van der Waals surface area (Å²) in [6, 6.07) is 21.4. The van der Waals surface area contributed by atoms with Crippen molar-refractivity contribution in [3.05, 3.63) is 94.8 Å². The van der Waals surface area contributed by atoms with E-state index in [2.05, 4.69) is 0 Å². The minimum atomic E-state index is -1.01. The van der Waals surface area contributed by atoms with Gasteiger partial charge in [-0.3, -0.25) is 4.79 Å². The monoisotopic (exact) mass is 439 g/mol. The summed E-state index contributed by atoms with van der Waals surface area (Å²) in [4.78, 5) is 28.0. The maximum atomic E-state index is 13.4. The molecule has 0 saturated heterocycles. The van der Waals surface area contributed by atoms with Crippen LogP contribution in [0.3, 0.4) is 0 Å². The largest absolute Gasteiger partial charge is 0.497 e. The summed E-state index contributed by atoms with van der Waals surface area (Å²) in [7, 11) is 1.61. The number of hydrogen-bond acceptors (Lipinski definition) is 4. The summed E-state index contributed by atoms with van der Waals surface area (Å²) in [6.45, 7) is 1.84. The van der Waals surface area contributed by atoms with E-state index in [1.54, 1.807) is 7.11 Å². The molecule has 1 unspecified atom stereocenters. The molecular formula is C28H25NO4. The Morgan fingerprint density at radius 1 is 1.00 bits per heavy atom. The number of carboxylic acids is 1. The van der Waals surface area contributed by atoms with Crippen LogP contribution >= 0.6 is 0 Å². The van der Waals surface area contributed by atoms with Crippen molar-refractivity contribution in [3.8, 4) is 5.75 Å². The lowest BCUT2D eigenvalue weighted by Crippen LogP contribution is -2.37. The van der Waals surface area contributed by atoms with Gasteiger partial charge in [-0.1, -0.05) is 42.5 Å². The zero-order valence-corrected chi connectivity index (χ0v) is 18.7. The second-order valence-corrected chi connectivity index (χ2v) is 8.48. The molecule has 3 aromatic carbocycles. The number of anilines is 1. The molecule has 5 nitrogen and oxygen atoms in total. The van der Waals surface area contributed by atoms with Crippen LogP contribution in [0.1, 0.15) is 37.7 Å². The van der Waals surface area contributed by atoms with Crippen molar-refractivity contribution in [1.29, 1.82) is 0 Å². The van der Waals surface area contributed by atoms with E-state index in [0.717, 1.165) is 46.3 Å². The third-order valence-corrected chi connectivity index (χ3v) is 6.70. The Morgan fingerprint density at radius 3 is 2.45 bits per heavy atom. The lowest BCUT2D eigenvalue weighted by atomic mass is 9.73. The van der Waals surface area contributed by atoms with Crippen molar-refractivity contribution in [3.63, 3.8) is 0 Å². The molecule has 3 aromatic rings. The van der Waals surface area contributed by atoms with E-state index >= 15 is 0 Å². The van der Waals surface area contributed by atoms with Gasteiger partial charge in [0.2, 0.25) is 0 Å². The van der Waals surface area contributed by atoms with Crippen LogP contribution in [-0.2, 0) is 9.59 Å². The van der Waals surface area contributed by atoms with Crippen LogP contribution in [0.15, 0.2) is 89.3 Å². The van der Waals surface area contributed by atoms with Gasteiger partial charge in [0.05, 0.1) is 12.7 Å². The van der Waals surface area contributed by atoms with Gasteiger partial charge < -0.3 is 14.7 Å². The summed E-state index contributed by atoms with van der Waals surface area (Å²) in [6.07, 6.45) is 1.91. The van der Waals surface area contributed by atoms with Gasteiger partial charge in [0.25, 0.3) is 0 Å². The van der Waals surface area contributed by atoms with E-state index in [4.69, 9.17) is 4.74 Å². The van der Waals surface area contributed by atoms with Gasteiger partial charge in [0, 0.05) is 35.0 Å². The lowest BCUT2D eigenvalue weighted by molar-refractivity contribution is -0.133. The summed E-state index contributed by atoms with van der Waals surface area (Å²) >= 11 is 0. The molecule has 2 aliphatic rings. The molecule has 0 bridgehead atoms. The fourth-order valence-electron chi connectivity index (χ4n) is 5.25. The van der Waals surface area contributed by atoms with Gasteiger partial charge in [0.1, 0.15) is 5.75 Å². The number of ether oxygens (including phenoxy) is 1. The molecule has 0 aromatic heterocycles. The molecule has 5 rings (SSSR count). The van der Waals surface area contributed by atoms with Crippen LogP contribution < -0.4 is 9.64 Å². The molecule has 0 amide bonds. The van der Waals surface area contributed by atoms with Crippen molar-refractivity contribution in [2.45, 2.75) is 32.1 Å². The predicted molar refractivity (Wildman–Crippen MR) is 128 cm³/mol. The zero-order valence-electron chi connectivity index (χ0n) is 18.7. The second-order valence-electron chi connectivity index (χ2n) is 8.48. The standard InChI is InChI=1S/C28H25NO4/c1-17-25(28(31)32)26(22-10-5-8-18-7-3-4-9-21(18)22)27-23(11-6-12-24(27)30)29(17)19-13-15-20(33-2)16-14-19/h3-5,7-10,13-16,26H,6,11-12H2,1-2H3,(H,31,32). The van der Waals surface area contributed by atoms with E-state index < -0.39 is 11.9 Å². The average Bonchev–Trinajstić information content (AvgIpc) is 2.83. The van der Waals surface area contributed by atoms with Crippen molar-refractivity contribution < 1.29 is 19.4 Å². The first-order chi connectivity index (χ1) is 16.0. The number of nitrogens with zero attached hydrogens (tertiary/aromatic N) is 1. The number of rotatable bonds is 4. The topological polar surface area (TPSA) is 66.8 Å². The Balaban J connectivity index is 1.79. The number of methoxy groups -OCH3 is 1. The number of Topliss-reactive ketones (excluding diaryl/α,β-unsaturated/α-hetero) is 1. The summed E-state index contributed by atoms with van der Waals surface area (Å²) in [5.74, 6) is -0.864. The van der Waals surface area contributed by atoms with Crippen LogP contribution in [0, 0.1) is 0 Å².